The molecule has 7 heteroatoms. The van der Waals surface area contributed by atoms with Gasteiger partial charge in [-0.1, -0.05) is 13.0 Å². The van der Waals surface area contributed by atoms with Gasteiger partial charge in [-0.15, -0.1) is 35.3 Å². The van der Waals surface area contributed by atoms with Gasteiger partial charge in [0.2, 0.25) is 0 Å². The zero-order valence-electron chi connectivity index (χ0n) is 14.5. The first-order valence-corrected chi connectivity index (χ1v) is 9.56. The molecule has 1 aromatic heterocycles. The third-order valence-electron chi connectivity index (χ3n) is 4.56. The third kappa shape index (κ3) is 5.57. The molecule has 2 aliphatic rings. The largest absolute Gasteiger partial charge is 0.379 e. The van der Waals surface area contributed by atoms with Gasteiger partial charge in [0.15, 0.2) is 5.96 Å². The topological polar surface area (TPSA) is 48.9 Å². The van der Waals surface area contributed by atoms with Crippen molar-refractivity contribution in [3.8, 4) is 0 Å². The lowest BCUT2D eigenvalue weighted by Gasteiger charge is -2.33. The lowest BCUT2D eigenvalue weighted by Crippen LogP contribution is -2.42. The maximum atomic E-state index is 5.51. The molecule has 0 radical (unpaired) electrons. The van der Waals surface area contributed by atoms with E-state index in [9.17, 15) is 0 Å². The molecule has 1 saturated heterocycles. The van der Waals surface area contributed by atoms with Crippen LogP contribution in [0, 0.1) is 5.92 Å². The van der Waals surface area contributed by atoms with Crippen LogP contribution in [-0.4, -0.2) is 56.3 Å². The molecule has 2 N–H and O–H groups in total. The van der Waals surface area contributed by atoms with Gasteiger partial charge in [-0.2, -0.15) is 0 Å². The van der Waals surface area contributed by atoms with E-state index in [1.165, 1.54) is 11.3 Å². The van der Waals surface area contributed by atoms with E-state index in [4.69, 9.17) is 9.73 Å². The molecule has 3 rings (SSSR count). The summed E-state index contributed by atoms with van der Waals surface area (Å²) in [5.74, 6) is 1.72. The predicted octanol–water partition coefficient (Wildman–Crippen LogP) is 2.70. The highest BCUT2D eigenvalue weighted by Crippen LogP contribution is 2.29. The number of morpholine rings is 1. The van der Waals surface area contributed by atoms with E-state index in [0.29, 0.717) is 12.1 Å². The van der Waals surface area contributed by atoms with Crippen molar-refractivity contribution in [2.24, 2.45) is 10.9 Å². The number of rotatable bonds is 6. The van der Waals surface area contributed by atoms with Gasteiger partial charge in [0.25, 0.3) is 0 Å². The normalized spacial score (nSPS) is 25.7. The number of nitrogens with one attached hydrogen (secondary N) is 2. The average Bonchev–Trinajstić information content (AvgIpc) is 3.03. The Kier molecular flexibility index (Phi) is 8.25. The highest BCUT2D eigenvalue weighted by molar-refractivity contribution is 14.0. The van der Waals surface area contributed by atoms with Gasteiger partial charge in [-0.3, -0.25) is 9.89 Å². The Hall–Kier alpha value is -0.380. The van der Waals surface area contributed by atoms with E-state index in [-0.39, 0.29) is 24.0 Å². The first-order valence-electron chi connectivity index (χ1n) is 8.68. The van der Waals surface area contributed by atoms with E-state index in [1.54, 1.807) is 0 Å². The Balaban J connectivity index is 0.00000208. The fourth-order valence-electron chi connectivity index (χ4n) is 2.95. The summed E-state index contributed by atoms with van der Waals surface area (Å²) >= 11 is 1.82. The molecular weight excluding hydrogens is 435 g/mol. The maximum absolute atomic E-state index is 5.51. The molecule has 0 amide bonds. The lowest BCUT2D eigenvalue weighted by atomic mass is 10.2. The summed E-state index contributed by atoms with van der Waals surface area (Å²) in [5, 5.41) is 9.08. The molecule has 1 aliphatic heterocycles. The van der Waals surface area contributed by atoms with Gasteiger partial charge in [-0.05, 0) is 30.7 Å². The SMILES string of the molecule is CCNC(=NCC(c1cccs1)N1CCOCC1)NC1CC1C.I. The Morgan fingerprint density at radius 2 is 2.21 bits per heavy atom. The summed E-state index contributed by atoms with van der Waals surface area (Å²) in [7, 11) is 0. The number of aliphatic imine (C=N–C) groups is 1. The molecule has 1 aromatic rings. The molecule has 3 atom stereocenters. The predicted molar refractivity (Wildman–Crippen MR) is 112 cm³/mol. The Labute approximate surface area is 166 Å². The molecule has 2 fully saturated rings. The van der Waals surface area contributed by atoms with Crippen molar-refractivity contribution in [1.82, 2.24) is 15.5 Å². The first-order chi connectivity index (χ1) is 11.3. The standard InChI is InChI=1S/C17H28N4OS.HI/c1-3-18-17(20-14-11-13(14)2)19-12-15(16-5-4-10-23-16)21-6-8-22-9-7-21;/h4-5,10,13-15H,3,6-9,11-12H2,1-2H3,(H2,18,19,20);1H. The van der Waals surface area contributed by atoms with Crippen molar-refractivity contribution in [3.05, 3.63) is 22.4 Å². The fourth-order valence-corrected chi connectivity index (χ4v) is 3.80. The summed E-state index contributed by atoms with van der Waals surface area (Å²) in [6.45, 7) is 9.71. The van der Waals surface area contributed by atoms with Crippen LogP contribution >= 0.6 is 35.3 Å². The second-order valence-electron chi connectivity index (χ2n) is 6.36. The molecule has 1 aliphatic carbocycles. The van der Waals surface area contributed by atoms with Crippen molar-refractivity contribution < 1.29 is 4.74 Å². The summed E-state index contributed by atoms with van der Waals surface area (Å²) in [4.78, 5) is 8.78. The minimum absolute atomic E-state index is 0. The molecule has 3 unspecified atom stereocenters. The Morgan fingerprint density at radius 1 is 1.46 bits per heavy atom. The van der Waals surface area contributed by atoms with Crippen molar-refractivity contribution in [3.63, 3.8) is 0 Å². The molecule has 0 aromatic carbocycles. The summed E-state index contributed by atoms with van der Waals surface area (Å²) in [6.07, 6.45) is 1.25. The fraction of sp³-hybridized carbons (Fsp3) is 0.706. The molecule has 0 bridgehead atoms. The quantitative estimate of drug-likeness (QED) is 0.386. The zero-order chi connectivity index (χ0) is 16.1. The smallest absolute Gasteiger partial charge is 0.191 e. The van der Waals surface area contributed by atoms with Crippen LogP contribution in [0.15, 0.2) is 22.5 Å². The van der Waals surface area contributed by atoms with Crippen molar-refractivity contribution in [2.75, 3.05) is 39.4 Å². The second kappa shape index (κ2) is 9.94. The first kappa shape index (κ1) is 19.9. The molecule has 5 nitrogen and oxygen atoms in total. The van der Waals surface area contributed by atoms with Gasteiger partial charge in [0, 0.05) is 30.6 Å². The van der Waals surface area contributed by atoms with Crippen LogP contribution in [0.5, 0.6) is 0 Å². The van der Waals surface area contributed by atoms with Crippen LogP contribution in [0.1, 0.15) is 31.2 Å². The van der Waals surface area contributed by atoms with Crippen molar-refractivity contribution >= 4 is 41.3 Å². The van der Waals surface area contributed by atoms with Crippen molar-refractivity contribution in [2.45, 2.75) is 32.4 Å². The van der Waals surface area contributed by atoms with Crippen LogP contribution in [0.2, 0.25) is 0 Å². The van der Waals surface area contributed by atoms with E-state index < -0.39 is 0 Å². The summed E-state index contributed by atoms with van der Waals surface area (Å²) < 4.78 is 5.51. The van der Waals surface area contributed by atoms with E-state index in [0.717, 1.165) is 51.3 Å². The molecule has 0 spiro atoms. The molecule has 24 heavy (non-hydrogen) atoms. The zero-order valence-corrected chi connectivity index (χ0v) is 17.7. The van der Waals surface area contributed by atoms with E-state index in [2.05, 4.69) is 46.9 Å². The van der Waals surface area contributed by atoms with Gasteiger partial charge >= 0.3 is 0 Å². The van der Waals surface area contributed by atoms with Gasteiger partial charge in [-0.25, -0.2) is 0 Å². The molecule has 2 heterocycles. The van der Waals surface area contributed by atoms with Crippen LogP contribution in [0.4, 0.5) is 0 Å². The second-order valence-corrected chi connectivity index (χ2v) is 7.34. The number of hydrogen-bond acceptors (Lipinski definition) is 4. The summed E-state index contributed by atoms with van der Waals surface area (Å²) in [5.41, 5.74) is 0. The molecule has 136 valence electrons. The van der Waals surface area contributed by atoms with Gasteiger partial charge in [0.1, 0.15) is 0 Å². The van der Waals surface area contributed by atoms with Crippen LogP contribution < -0.4 is 10.6 Å². The average molecular weight is 464 g/mol. The number of hydrogen-bond donors (Lipinski definition) is 2. The minimum Gasteiger partial charge on any atom is -0.379 e. The van der Waals surface area contributed by atoms with E-state index >= 15 is 0 Å². The Morgan fingerprint density at radius 3 is 2.79 bits per heavy atom. The van der Waals surface area contributed by atoms with E-state index in [1.807, 2.05) is 11.3 Å². The number of halogens is 1. The van der Waals surface area contributed by atoms with Crippen molar-refractivity contribution in [1.29, 1.82) is 0 Å². The number of thiophene rings is 1. The van der Waals surface area contributed by atoms with Crippen LogP contribution in [0.25, 0.3) is 0 Å². The monoisotopic (exact) mass is 464 g/mol. The number of guanidine groups is 1. The number of nitrogens with zero attached hydrogens (tertiary/aromatic N) is 2. The summed E-state index contributed by atoms with van der Waals surface area (Å²) in [6, 6.07) is 5.30. The molecular formula is C17H29IN4OS. The highest BCUT2D eigenvalue weighted by Gasteiger charge is 2.33. The molecule has 1 saturated carbocycles. The Bertz CT molecular complexity index is 505. The number of ether oxygens (including phenoxy) is 1. The third-order valence-corrected chi connectivity index (χ3v) is 5.53. The van der Waals surface area contributed by atoms with Gasteiger partial charge in [0.05, 0.1) is 25.8 Å². The van der Waals surface area contributed by atoms with Crippen LogP contribution in [0.3, 0.4) is 0 Å². The lowest BCUT2D eigenvalue weighted by molar-refractivity contribution is 0.0186. The van der Waals surface area contributed by atoms with Gasteiger partial charge < -0.3 is 15.4 Å². The maximum Gasteiger partial charge on any atom is 0.191 e. The van der Waals surface area contributed by atoms with Crippen LogP contribution in [-0.2, 0) is 4.74 Å². The minimum atomic E-state index is 0. The highest BCUT2D eigenvalue weighted by atomic mass is 127.